The monoisotopic (exact) mass is 460 g/mol. The van der Waals surface area contributed by atoms with Gasteiger partial charge in [0, 0.05) is 19.4 Å². The van der Waals surface area contributed by atoms with E-state index in [2.05, 4.69) is 15.9 Å². The SMILES string of the molecule is Cc1sc(C(=O)C[C@@](O)(c2cc(Cl)cc(Cl)c2)C(F)(F)F)cc1Br. The average Bonchev–Trinajstić information content (AvgIpc) is 2.76. The highest BCUT2D eigenvalue weighted by Gasteiger charge is 2.56. The summed E-state index contributed by atoms with van der Waals surface area (Å²) >= 11 is 15.7. The van der Waals surface area contributed by atoms with E-state index in [0.29, 0.717) is 4.47 Å². The number of rotatable bonds is 4. The van der Waals surface area contributed by atoms with Gasteiger partial charge < -0.3 is 5.11 Å². The van der Waals surface area contributed by atoms with E-state index < -0.39 is 29.5 Å². The van der Waals surface area contributed by atoms with Crippen LogP contribution in [-0.2, 0) is 5.60 Å². The molecule has 0 fully saturated rings. The molecule has 2 aromatic rings. The van der Waals surface area contributed by atoms with Crippen LogP contribution in [-0.4, -0.2) is 17.1 Å². The zero-order valence-electron chi connectivity index (χ0n) is 12.0. The van der Waals surface area contributed by atoms with Crippen molar-refractivity contribution in [2.24, 2.45) is 0 Å². The van der Waals surface area contributed by atoms with Crippen LogP contribution in [0, 0.1) is 6.92 Å². The van der Waals surface area contributed by atoms with Crippen molar-refractivity contribution in [3.05, 3.63) is 54.1 Å². The van der Waals surface area contributed by atoms with Gasteiger partial charge in [-0.2, -0.15) is 13.2 Å². The number of halogens is 6. The summed E-state index contributed by atoms with van der Waals surface area (Å²) in [5.41, 5.74) is -3.96. The van der Waals surface area contributed by atoms with Crippen molar-refractivity contribution < 1.29 is 23.1 Å². The zero-order chi connectivity index (χ0) is 18.3. The van der Waals surface area contributed by atoms with Crippen LogP contribution in [0.15, 0.2) is 28.7 Å². The lowest BCUT2D eigenvalue weighted by Crippen LogP contribution is -2.44. The minimum absolute atomic E-state index is 0.0673. The molecule has 2 nitrogen and oxygen atoms in total. The molecule has 0 aliphatic carbocycles. The predicted molar refractivity (Wildman–Crippen MR) is 92.1 cm³/mol. The van der Waals surface area contributed by atoms with Crippen LogP contribution >= 0.6 is 50.5 Å². The number of hydrogen-bond donors (Lipinski definition) is 1. The maximum absolute atomic E-state index is 13.5. The molecule has 0 unspecified atom stereocenters. The molecule has 1 aromatic carbocycles. The Labute approximate surface area is 158 Å². The Morgan fingerprint density at radius 1 is 1.21 bits per heavy atom. The quantitative estimate of drug-likeness (QED) is 0.554. The topological polar surface area (TPSA) is 37.3 Å². The fraction of sp³-hybridized carbons (Fsp3) is 0.267. The lowest BCUT2D eigenvalue weighted by atomic mass is 9.87. The van der Waals surface area contributed by atoms with Crippen molar-refractivity contribution in [1.29, 1.82) is 0 Å². The minimum atomic E-state index is -5.08. The molecule has 0 saturated carbocycles. The standard InChI is InChI=1S/C15H10BrCl2F3O2S/c1-7-11(16)5-13(24-7)12(22)6-14(23,15(19,20)21)8-2-9(17)4-10(18)3-8/h2-5,23H,6H2,1H3/t14-/m1/s1. The number of carbonyl (C=O) groups is 1. The third-order valence-electron chi connectivity index (χ3n) is 3.36. The smallest absolute Gasteiger partial charge is 0.376 e. The van der Waals surface area contributed by atoms with Crippen LogP contribution in [0.1, 0.15) is 26.5 Å². The molecule has 1 heterocycles. The fourth-order valence-electron chi connectivity index (χ4n) is 2.08. The molecule has 1 atom stereocenters. The van der Waals surface area contributed by atoms with Gasteiger partial charge in [-0.1, -0.05) is 23.2 Å². The summed E-state index contributed by atoms with van der Waals surface area (Å²) in [5, 5.41) is 10.2. The van der Waals surface area contributed by atoms with Gasteiger partial charge in [0.05, 0.1) is 11.3 Å². The number of thiophene rings is 1. The van der Waals surface area contributed by atoms with E-state index in [0.717, 1.165) is 28.3 Å². The van der Waals surface area contributed by atoms with Gasteiger partial charge in [0.1, 0.15) is 0 Å². The second-order valence-electron chi connectivity index (χ2n) is 5.13. The van der Waals surface area contributed by atoms with Gasteiger partial charge in [0.15, 0.2) is 11.4 Å². The first-order valence-electron chi connectivity index (χ1n) is 6.49. The molecule has 1 aromatic heterocycles. The molecule has 0 amide bonds. The van der Waals surface area contributed by atoms with E-state index in [1.807, 2.05) is 0 Å². The number of carbonyl (C=O) groups excluding carboxylic acids is 1. The molecule has 2 rings (SSSR count). The first-order valence-corrected chi connectivity index (χ1v) is 8.85. The number of aliphatic hydroxyl groups is 1. The van der Waals surface area contributed by atoms with E-state index in [9.17, 15) is 23.1 Å². The number of alkyl halides is 3. The molecule has 130 valence electrons. The van der Waals surface area contributed by atoms with E-state index in [-0.39, 0.29) is 14.9 Å². The van der Waals surface area contributed by atoms with Crippen molar-refractivity contribution in [2.75, 3.05) is 0 Å². The van der Waals surface area contributed by atoms with Crippen molar-refractivity contribution in [3.63, 3.8) is 0 Å². The van der Waals surface area contributed by atoms with Gasteiger partial charge in [0.2, 0.25) is 0 Å². The summed E-state index contributed by atoms with van der Waals surface area (Å²) in [7, 11) is 0. The number of hydrogen-bond acceptors (Lipinski definition) is 3. The molecule has 1 N–H and O–H groups in total. The van der Waals surface area contributed by atoms with Crippen molar-refractivity contribution in [2.45, 2.75) is 25.1 Å². The molecule has 0 bridgehead atoms. The molecule has 9 heteroatoms. The molecular weight excluding hydrogens is 452 g/mol. The number of Topliss-reactive ketones (excluding diaryl/α,β-unsaturated/α-hetero) is 1. The van der Waals surface area contributed by atoms with Gasteiger partial charge in [0.25, 0.3) is 0 Å². The average molecular weight is 462 g/mol. The Bertz CT molecular complexity index is 752. The molecule has 0 aliphatic heterocycles. The summed E-state index contributed by atoms with van der Waals surface area (Å²) < 4.78 is 41.2. The summed E-state index contributed by atoms with van der Waals surface area (Å²) in [4.78, 5) is 13.1. The first kappa shape index (κ1) is 19.7. The van der Waals surface area contributed by atoms with Gasteiger partial charge in [-0.05, 0) is 52.7 Å². The maximum atomic E-state index is 13.5. The molecule has 0 saturated heterocycles. The van der Waals surface area contributed by atoms with Crippen LogP contribution in [0.3, 0.4) is 0 Å². The number of benzene rings is 1. The second-order valence-corrected chi connectivity index (χ2v) is 8.11. The predicted octanol–water partition coefficient (Wildman–Crippen LogP) is 6.15. The Hall–Kier alpha value is -0.600. The number of ketones is 1. The first-order chi connectivity index (χ1) is 10.9. The van der Waals surface area contributed by atoms with Crippen LogP contribution in [0.5, 0.6) is 0 Å². The summed E-state index contributed by atoms with van der Waals surface area (Å²) in [5.74, 6) is -0.829. The Morgan fingerprint density at radius 2 is 1.75 bits per heavy atom. The number of aryl methyl sites for hydroxylation is 1. The van der Waals surface area contributed by atoms with E-state index in [1.54, 1.807) is 6.92 Å². The van der Waals surface area contributed by atoms with Gasteiger partial charge >= 0.3 is 6.18 Å². The Kier molecular flexibility index (Phi) is 5.72. The van der Waals surface area contributed by atoms with Gasteiger partial charge in [-0.25, -0.2) is 0 Å². The molecule has 0 radical (unpaired) electrons. The Balaban J connectivity index is 2.47. The van der Waals surface area contributed by atoms with E-state index in [4.69, 9.17) is 23.2 Å². The second kappa shape index (κ2) is 6.96. The van der Waals surface area contributed by atoms with E-state index in [1.165, 1.54) is 12.1 Å². The maximum Gasteiger partial charge on any atom is 0.421 e. The van der Waals surface area contributed by atoms with Crippen LogP contribution in [0.2, 0.25) is 10.0 Å². The van der Waals surface area contributed by atoms with Crippen LogP contribution in [0.25, 0.3) is 0 Å². The third-order valence-corrected chi connectivity index (χ3v) is 5.97. The summed E-state index contributed by atoms with van der Waals surface area (Å²) in [6.45, 7) is 1.72. The highest BCUT2D eigenvalue weighted by atomic mass is 79.9. The fourth-order valence-corrected chi connectivity index (χ4v) is 4.07. The van der Waals surface area contributed by atoms with Crippen LogP contribution in [0.4, 0.5) is 13.2 Å². The van der Waals surface area contributed by atoms with Gasteiger partial charge in [-0.3, -0.25) is 4.79 Å². The summed E-state index contributed by atoms with van der Waals surface area (Å²) in [6.07, 6.45) is -6.25. The highest BCUT2D eigenvalue weighted by Crippen LogP contribution is 2.44. The van der Waals surface area contributed by atoms with Crippen molar-refractivity contribution in [1.82, 2.24) is 0 Å². The molecular formula is C15H10BrCl2F3O2S. The third kappa shape index (κ3) is 3.96. The Morgan fingerprint density at radius 3 is 2.17 bits per heavy atom. The normalized spacial score (nSPS) is 14.5. The lowest BCUT2D eigenvalue weighted by Gasteiger charge is -2.30. The zero-order valence-corrected chi connectivity index (χ0v) is 16.0. The summed E-state index contributed by atoms with van der Waals surface area (Å²) in [6, 6.07) is 4.57. The molecule has 0 aliphatic rings. The van der Waals surface area contributed by atoms with Crippen molar-refractivity contribution >= 4 is 56.3 Å². The highest BCUT2D eigenvalue weighted by molar-refractivity contribution is 9.10. The van der Waals surface area contributed by atoms with Crippen molar-refractivity contribution in [3.8, 4) is 0 Å². The van der Waals surface area contributed by atoms with Gasteiger partial charge in [-0.15, -0.1) is 11.3 Å². The lowest BCUT2D eigenvalue weighted by molar-refractivity contribution is -0.264. The largest absolute Gasteiger partial charge is 0.421 e. The molecule has 24 heavy (non-hydrogen) atoms. The van der Waals surface area contributed by atoms with E-state index >= 15 is 0 Å². The molecule has 0 spiro atoms. The van der Waals surface area contributed by atoms with Crippen LogP contribution < -0.4 is 0 Å². The minimum Gasteiger partial charge on any atom is -0.376 e.